The van der Waals surface area contributed by atoms with Gasteiger partial charge in [0.25, 0.3) is 0 Å². The minimum absolute atomic E-state index is 0.0673. The van der Waals surface area contributed by atoms with E-state index in [-0.39, 0.29) is 86.7 Å². The Hall–Kier alpha value is -5.00. The molecule has 0 saturated carbocycles. The van der Waals surface area contributed by atoms with Gasteiger partial charge in [-0.2, -0.15) is 23.5 Å². The SMILES string of the molecule is CCCCNC(=O)C(CO)NC(=O)C(CSCCSCC(NC(=O)C(CCCCNC(=O)C(N)CCCCN)NC(=O)C(N)CCCCN)C(=O)NC(CO)C(=O)NCCC)NC(=O)C(CCCCNC(=O)C(N)CCCCN)NC(=O)C(N)CCCCN. The molecule has 0 radical (unpaired) electrons. The second-order valence-corrected chi connectivity index (χ2v) is 24.3. The summed E-state index contributed by atoms with van der Waals surface area (Å²) in [6.45, 7) is 4.97. The average Bonchev–Trinajstić information content (AvgIpc) is 3.13. The van der Waals surface area contributed by atoms with Crippen LogP contribution >= 0.6 is 23.5 Å². The summed E-state index contributed by atoms with van der Waals surface area (Å²) in [6, 6.07) is -11.3. The van der Waals surface area contributed by atoms with Gasteiger partial charge in [0.2, 0.25) is 59.1 Å². The van der Waals surface area contributed by atoms with E-state index in [4.69, 9.17) is 45.9 Å². The molecule has 0 aromatic carbocycles. The molecule has 0 saturated heterocycles. The molecule has 32 heteroatoms. The lowest BCUT2D eigenvalue weighted by molar-refractivity contribution is -0.134. The first-order chi connectivity index (χ1) is 42.7. The Bertz CT molecular complexity index is 2030. The van der Waals surface area contributed by atoms with Crippen LogP contribution in [-0.4, -0.2) is 218 Å². The number of nitrogens with two attached hydrogens (primary N) is 8. The second-order valence-electron chi connectivity index (χ2n) is 22.0. The van der Waals surface area contributed by atoms with Gasteiger partial charge in [0.1, 0.15) is 36.3 Å². The van der Waals surface area contributed by atoms with Crippen molar-refractivity contribution in [3.63, 3.8) is 0 Å². The summed E-state index contributed by atoms with van der Waals surface area (Å²) in [5.74, 6) is -6.02. The third-order valence-corrected chi connectivity index (χ3v) is 16.5. The topological polar surface area (TPSA) is 540 Å². The summed E-state index contributed by atoms with van der Waals surface area (Å²) < 4.78 is 0. The molecular weight excluding hydrogens is 1190 g/mol. The maximum Gasteiger partial charge on any atom is 0.244 e. The number of carbonyl (C=O) groups is 10. The highest BCUT2D eigenvalue weighted by molar-refractivity contribution is 8.03. The second kappa shape index (κ2) is 53.6. The summed E-state index contributed by atoms with van der Waals surface area (Å²) >= 11 is 2.40. The maximum absolute atomic E-state index is 14.3. The van der Waals surface area contributed by atoms with Crippen LogP contribution in [0.25, 0.3) is 0 Å². The number of hydrogen-bond donors (Lipinski definition) is 20. The fraction of sp³-hybridized carbons (Fsp3) is 0.825. The van der Waals surface area contributed by atoms with Gasteiger partial charge in [0.05, 0.1) is 37.4 Å². The van der Waals surface area contributed by atoms with Gasteiger partial charge in [-0.05, 0) is 129 Å². The average molecular weight is 1310 g/mol. The maximum atomic E-state index is 14.3. The quantitative estimate of drug-likeness (QED) is 0.0254. The van der Waals surface area contributed by atoms with Crippen LogP contribution < -0.4 is 99.0 Å². The Kier molecular flexibility index (Phi) is 50.6. The molecule has 0 bridgehead atoms. The van der Waals surface area contributed by atoms with E-state index >= 15 is 0 Å². The van der Waals surface area contributed by atoms with E-state index in [1.165, 1.54) is 23.5 Å². The lowest BCUT2D eigenvalue weighted by atomic mass is 10.1. The van der Waals surface area contributed by atoms with Crippen LogP contribution in [0.5, 0.6) is 0 Å². The minimum Gasteiger partial charge on any atom is -0.394 e. The van der Waals surface area contributed by atoms with Crippen molar-refractivity contribution < 1.29 is 58.2 Å². The van der Waals surface area contributed by atoms with E-state index in [1.807, 2.05) is 13.8 Å². The van der Waals surface area contributed by atoms with Crippen LogP contribution in [0, 0.1) is 0 Å². The predicted molar refractivity (Wildman–Crippen MR) is 349 cm³/mol. The minimum atomic E-state index is -1.38. The van der Waals surface area contributed by atoms with Crippen molar-refractivity contribution in [3.05, 3.63) is 0 Å². The number of nitrogens with one attached hydrogen (secondary N) is 10. The number of rotatable bonds is 56. The summed E-state index contributed by atoms with van der Waals surface area (Å²) in [6.07, 6.45) is 10.2. The zero-order valence-corrected chi connectivity index (χ0v) is 54.6. The highest BCUT2D eigenvalue weighted by atomic mass is 32.2. The zero-order chi connectivity index (χ0) is 66.8. The number of thioether (sulfide) groups is 2. The van der Waals surface area contributed by atoms with Gasteiger partial charge in [-0.25, -0.2) is 0 Å². The number of aliphatic hydroxyl groups excluding tert-OH is 2. The summed E-state index contributed by atoms with van der Waals surface area (Å²) in [5, 5.41) is 47.2. The van der Waals surface area contributed by atoms with Crippen molar-refractivity contribution in [2.45, 2.75) is 209 Å². The van der Waals surface area contributed by atoms with Gasteiger partial charge in [-0.1, -0.05) is 46.0 Å². The fourth-order valence-corrected chi connectivity index (χ4v) is 10.7. The predicted octanol–water partition coefficient (Wildman–Crippen LogP) is -4.81. The Labute approximate surface area is 535 Å². The van der Waals surface area contributed by atoms with Crippen molar-refractivity contribution in [2.24, 2.45) is 45.9 Å². The molecule has 0 heterocycles. The lowest BCUT2D eigenvalue weighted by Gasteiger charge is -2.26. The third-order valence-electron chi connectivity index (χ3n) is 14.1. The van der Waals surface area contributed by atoms with E-state index in [9.17, 15) is 58.2 Å². The molecule has 0 spiro atoms. The van der Waals surface area contributed by atoms with Crippen LogP contribution in [-0.2, 0) is 47.9 Å². The van der Waals surface area contributed by atoms with E-state index in [2.05, 4.69) is 53.2 Å². The number of unbranched alkanes of at least 4 members (excludes halogenated alkanes) is 7. The van der Waals surface area contributed by atoms with E-state index in [0.717, 1.165) is 19.3 Å². The van der Waals surface area contributed by atoms with Crippen LogP contribution in [0.3, 0.4) is 0 Å². The van der Waals surface area contributed by atoms with Gasteiger partial charge in [0, 0.05) is 49.2 Å². The zero-order valence-electron chi connectivity index (χ0n) is 52.9. The summed E-state index contributed by atoms with van der Waals surface area (Å²) in [7, 11) is 0. The molecule has 30 nitrogen and oxygen atoms in total. The summed E-state index contributed by atoms with van der Waals surface area (Å²) in [5.41, 5.74) is 46.9. The van der Waals surface area contributed by atoms with Crippen LogP contribution in [0.2, 0.25) is 0 Å². The number of carbonyl (C=O) groups excluding carboxylic acids is 10. The molecule has 0 aliphatic carbocycles. The molecule has 0 aromatic rings. The molecule has 0 aliphatic rings. The number of aliphatic hydroxyl groups is 2. The monoisotopic (exact) mass is 1310 g/mol. The number of amides is 10. The third kappa shape index (κ3) is 39.8. The fourth-order valence-electron chi connectivity index (χ4n) is 8.53. The molecule has 10 amide bonds. The smallest absolute Gasteiger partial charge is 0.244 e. The van der Waals surface area contributed by atoms with E-state index < -0.39 is 121 Å². The summed E-state index contributed by atoms with van der Waals surface area (Å²) in [4.78, 5) is 135. The first kappa shape index (κ1) is 84.0. The standard InChI is InChI=1S/C57H114N18O12S2/c1-3-5-29-69-53(83)45(35-77)73-57(87)47(75-55(85)43(71-51(81)41(65)21-9-15-27-61)23-11-17-31-68-49(79)39(63)19-7-13-25-59)37-89-33-32-88-36-46(56(86)72-44(34-76)52(82)66-28-4-2)74-54(84)42(70-50(80)40(64)20-8-14-26-60)22-10-16-30-67-48(78)38(62)18-6-12-24-58/h38-47,76-77H,3-37,58-65H2,1-2H3,(H,66,82)(H,67,78)(H,68,79)(H,69,83)(H,70,80)(H,71,81)(H,72,86)(H,73,87)(H,74,84)(H,75,85). The van der Waals surface area contributed by atoms with Crippen LogP contribution in [0.4, 0.5) is 0 Å². The normalized spacial score (nSPS) is 14.6. The largest absolute Gasteiger partial charge is 0.394 e. The highest BCUT2D eigenvalue weighted by Gasteiger charge is 2.33. The van der Waals surface area contributed by atoms with Crippen LogP contribution in [0.15, 0.2) is 0 Å². The molecule has 28 N–H and O–H groups in total. The van der Waals surface area contributed by atoms with Crippen molar-refractivity contribution in [3.8, 4) is 0 Å². The van der Waals surface area contributed by atoms with Gasteiger partial charge in [0.15, 0.2) is 0 Å². The Balaban J connectivity index is 6.75. The highest BCUT2D eigenvalue weighted by Crippen LogP contribution is 2.14. The molecule has 0 fully saturated rings. The molecule has 516 valence electrons. The van der Waals surface area contributed by atoms with E-state index in [1.54, 1.807) is 0 Å². The molecular formula is C57H114N18O12S2. The Morgan fingerprint density at radius 2 is 0.596 bits per heavy atom. The van der Waals surface area contributed by atoms with Gasteiger partial charge in [-0.15, -0.1) is 0 Å². The van der Waals surface area contributed by atoms with Gasteiger partial charge >= 0.3 is 0 Å². The molecule has 0 aliphatic heterocycles. The van der Waals surface area contributed by atoms with Crippen molar-refractivity contribution in [1.29, 1.82) is 0 Å². The lowest BCUT2D eigenvalue weighted by Crippen LogP contribution is -2.59. The van der Waals surface area contributed by atoms with Crippen LogP contribution in [0.1, 0.15) is 149 Å². The van der Waals surface area contributed by atoms with Crippen molar-refractivity contribution >= 4 is 82.6 Å². The molecule has 10 atom stereocenters. The number of hydrogen-bond acceptors (Lipinski definition) is 22. The molecule has 0 rings (SSSR count). The molecule has 0 aromatic heterocycles. The van der Waals surface area contributed by atoms with Crippen molar-refractivity contribution in [2.75, 3.05) is 88.6 Å². The molecule has 10 unspecified atom stereocenters. The van der Waals surface area contributed by atoms with Gasteiger partial charge < -0.3 is 109 Å². The van der Waals surface area contributed by atoms with E-state index in [0.29, 0.717) is 116 Å². The Morgan fingerprint density at radius 1 is 0.315 bits per heavy atom. The van der Waals surface area contributed by atoms with Crippen molar-refractivity contribution in [1.82, 2.24) is 53.2 Å². The Morgan fingerprint density at radius 3 is 0.921 bits per heavy atom. The molecule has 89 heavy (non-hydrogen) atoms. The first-order valence-electron chi connectivity index (χ1n) is 31.8. The first-order valence-corrected chi connectivity index (χ1v) is 34.1. The van der Waals surface area contributed by atoms with Gasteiger partial charge in [-0.3, -0.25) is 47.9 Å².